The van der Waals surface area contributed by atoms with Crippen molar-refractivity contribution in [2.75, 3.05) is 13.7 Å². The highest BCUT2D eigenvalue weighted by atomic mass is 16.5. The van der Waals surface area contributed by atoms with Gasteiger partial charge in [0.05, 0.1) is 18.8 Å². The standard InChI is InChI=1S/C12H17N5O3/c1-16-7-5-13-10(16)3-6-17-9(4-8-20-2)11(12(18)19)14-15-17/h5,7H,3-4,6,8H2,1-2H3,(H,18,19). The van der Waals surface area contributed by atoms with E-state index in [0.29, 0.717) is 31.7 Å². The van der Waals surface area contributed by atoms with Gasteiger partial charge in [0.25, 0.3) is 0 Å². The Kier molecular flexibility index (Phi) is 4.46. The lowest BCUT2D eigenvalue weighted by Crippen LogP contribution is -2.13. The maximum Gasteiger partial charge on any atom is 0.358 e. The molecule has 0 fully saturated rings. The number of nitrogens with zero attached hydrogens (tertiary/aromatic N) is 5. The van der Waals surface area contributed by atoms with Gasteiger partial charge in [-0.1, -0.05) is 5.21 Å². The summed E-state index contributed by atoms with van der Waals surface area (Å²) in [6, 6.07) is 0. The molecule has 2 heterocycles. The number of carboxylic acid groups (broad SMARTS) is 1. The Bertz CT molecular complexity index is 590. The van der Waals surface area contributed by atoms with E-state index in [1.54, 1.807) is 18.0 Å². The first kappa shape index (κ1) is 14.2. The van der Waals surface area contributed by atoms with Crippen LogP contribution in [0.4, 0.5) is 0 Å². The highest BCUT2D eigenvalue weighted by Crippen LogP contribution is 2.08. The lowest BCUT2D eigenvalue weighted by atomic mass is 10.2. The van der Waals surface area contributed by atoms with E-state index in [4.69, 9.17) is 9.84 Å². The van der Waals surface area contributed by atoms with Crippen LogP contribution in [0.25, 0.3) is 0 Å². The fourth-order valence-electron chi connectivity index (χ4n) is 1.97. The van der Waals surface area contributed by atoms with Crippen molar-refractivity contribution in [2.45, 2.75) is 19.4 Å². The Hall–Kier alpha value is -2.22. The molecule has 108 valence electrons. The maximum atomic E-state index is 11.1. The molecule has 0 bridgehead atoms. The molecule has 2 aromatic rings. The predicted molar refractivity (Wildman–Crippen MR) is 69.5 cm³/mol. The van der Waals surface area contributed by atoms with E-state index in [2.05, 4.69) is 15.3 Å². The Morgan fingerprint density at radius 2 is 2.25 bits per heavy atom. The fourth-order valence-corrected chi connectivity index (χ4v) is 1.97. The fraction of sp³-hybridized carbons (Fsp3) is 0.500. The van der Waals surface area contributed by atoms with Gasteiger partial charge < -0.3 is 14.4 Å². The monoisotopic (exact) mass is 279 g/mol. The highest BCUT2D eigenvalue weighted by Gasteiger charge is 2.18. The van der Waals surface area contributed by atoms with Crippen molar-refractivity contribution < 1.29 is 14.6 Å². The van der Waals surface area contributed by atoms with Gasteiger partial charge in [-0.15, -0.1) is 5.10 Å². The van der Waals surface area contributed by atoms with Gasteiger partial charge in [-0.3, -0.25) is 0 Å². The predicted octanol–water partition coefficient (Wildman–Crippen LogP) is 0.141. The Morgan fingerprint density at radius 3 is 2.85 bits per heavy atom. The highest BCUT2D eigenvalue weighted by molar-refractivity contribution is 5.86. The molecule has 0 spiro atoms. The molecule has 1 N–H and O–H groups in total. The van der Waals surface area contributed by atoms with E-state index < -0.39 is 5.97 Å². The Morgan fingerprint density at radius 1 is 1.45 bits per heavy atom. The van der Waals surface area contributed by atoms with Crippen molar-refractivity contribution >= 4 is 5.97 Å². The number of aromatic nitrogens is 5. The second kappa shape index (κ2) is 6.29. The number of imidazole rings is 1. The third kappa shape index (κ3) is 3.02. The molecular weight excluding hydrogens is 262 g/mol. The summed E-state index contributed by atoms with van der Waals surface area (Å²) in [6.45, 7) is 0.959. The van der Waals surface area contributed by atoms with Crippen molar-refractivity contribution in [3.63, 3.8) is 0 Å². The van der Waals surface area contributed by atoms with Gasteiger partial charge in [-0.2, -0.15) is 0 Å². The summed E-state index contributed by atoms with van der Waals surface area (Å²) in [5, 5.41) is 16.7. The van der Waals surface area contributed by atoms with Crippen molar-refractivity contribution in [1.29, 1.82) is 0 Å². The zero-order valence-electron chi connectivity index (χ0n) is 11.5. The van der Waals surface area contributed by atoms with Crippen LogP contribution in [0.1, 0.15) is 22.0 Å². The van der Waals surface area contributed by atoms with Gasteiger partial charge in [-0.25, -0.2) is 14.5 Å². The molecule has 2 rings (SSSR count). The van der Waals surface area contributed by atoms with Crippen molar-refractivity contribution in [2.24, 2.45) is 7.05 Å². The molecular formula is C12H17N5O3. The van der Waals surface area contributed by atoms with Gasteiger partial charge in [0, 0.05) is 39.4 Å². The number of rotatable bonds is 7. The van der Waals surface area contributed by atoms with E-state index in [0.717, 1.165) is 5.82 Å². The average molecular weight is 279 g/mol. The van der Waals surface area contributed by atoms with E-state index in [1.807, 2.05) is 17.8 Å². The van der Waals surface area contributed by atoms with Crippen LogP contribution < -0.4 is 0 Å². The number of hydrogen-bond donors (Lipinski definition) is 1. The number of carboxylic acids is 1. The number of carbonyl (C=O) groups is 1. The van der Waals surface area contributed by atoms with Crippen LogP contribution in [0.2, 0.25) is 0 Å². The molecule has 0 saturated heterocycles. The molecule has 8 heteroatoms. The minimum absolute atomic E-state index is 0.0121. The van der Waals surface area contributed by atoms with Gasteiger partial charge in [0.1, 0.15) is 5.82 Å². The molecule has 0 unspecified atom stereocenters. The number of methoxy groups -OCH3 is 1. The molecule has 20 heavy (non-hydrogen) atoms. The van der Waals surface area contributed by atoms with Gasteiger partial charge in [0.15, 0.2) is 5.69 Å². The zero-order chi connectivity index (χ0) is 14.5. The minimum Gasteiger partial charge on any atom is -0.476 e. The van der Waals surface area contributed by atoms with E-state index in [-0.39, 0.29) is 5.69 Å². The van der Waals surface area contributed by atoms with Crippen molar-refractivity contribution in [1.82, 2.24) is 24.5 Å². The molecule has 0 radical (unpaired) electrons. The van der Waals surface area contributed by atoms with Crippen molar-refractivity contribution in [3.05, 3.63) is 29.6 Å². The molecule has 0 aliphatic rings. The average Bonchev–Trinajstić information content (AvgIpc) is 3.00. The topological polar surface area (TPSA) is 95.1 Å². The van der Waals surface area contributed by atoms with E-state index >= 15 is 0 Å². The number of hydrogen-bond acceptors (Lipinski definition) is 5. The summed E-state index contributed by atoms with van der Waals surface area (Å²) < 4.78 is 8.52. The lowest BCUT2D eigenvalue weighted by molar-refractivity contribution is 0.0688. The molecule has 0 atom stereocenters. The quantitative estimate of drug-likeness (QED) is 0.774. The van der Waals surface area contributed by atoms with Crippen LogP contribution in [0.5, 0.6) is 0 Å². The Labute approximate surface area is 116 Å². The summed E-state index contributed by atoms with van der Waals surface area (Å²) >= 11 is 0. The van der Waals surface area contributed by atoms with Gasteiger partial charge in [-0.05, 0) is 0 Å². The smallest absolute Gasteiger partial charge is 0.358 e. The van der Waals surface area contributed by atoms with E-state index in [1.165, 1.54) is 0 Å². The van der Waals surface area contributed by atoms with E-state index in [9.17, 15) is 4.79 Å². The molecule has 0 saturated carbocycles. The van der Waals surface area contributed by atoms with Crippen molar-refractivity contribution in [3.8, 4) is 0 Å². The van der Waals surface area contributed by atoms with Crippen LogP contribution >= 0.6 is 0 Å². The first-order valence-corrected chi connectivity index (χ1v) is 6.24. The zero-order valence-corrected chi connectivity index (χ0v) is 11.5. The maximum absolute atomic E-state index is 11.1. The molecule has 0 aliphatic carbocycles. The summed E-state index contributed by atoms with van der Waals surface area (Å²) in [4.78, 5) is 15.3. The van der Waals surface area contributed by atoms with Crippen LogP contribution in [0.3, 0.4) is 0 Å². The largest absolute Gasteiger partial charge is 0.476 e. The summed E-state index contributed by atoms with van der Waals surface area (Å²) in [5.74, 6) is -0.158. The third-order valence-electron chi connectivity index (χ3n) is 3.05. The number of ether oxygens (including phenoxy) is 1. The lowest BCUT2D eigenvalue weighted by Gasteiger charge is -2.07. The molecule has 0 aromatic carbocycles. The van der Waals surface area contributed by atoms with Gasteiger partial charge >= 0.3 is 5.97 Å². The first-order valence-electron chi connectivity index (χ1n) is 6.24. The normalized spacial score (nSPS) is 10.9. The second-order valence-electron chi connectivity index (χ2n) is 4.36. The van der Waals surface area contributed by atoms with Crippen LogP contribution in [0, 0.1) is 0 Å². The molecule has 8 nitrogen and oxygen atoms in total. The SMILES string of the molecule is COCCc1c(C(=O)O)nnn1CCc1nccn1C. The summed E-state index contributed by atoms with van der Waals surface area (Å²) in [5.41, 5.74) is 0.565. The summed E-state index contributed by atoms with van der Waals surface area (Å²) in [7, 11) is 3.49. The van der Waals surface area contributed by atoms with Crippen LogP contribution in [-0.2, 0) is 31.2 Å². The third-order valence-corrected chi connectivity index (χ3v) is 3.05. The molecule has 0 amide bonds. The van der Waals surface area contributed by atoms with Crippen LogP contribution in [-0.4, -0.2) is 49.3 Å². The number of aromatic carboxylic acids is 1. The first-order chi connectivity index (χ1) is 9.63. The molecule has 2 aromatic heterocycles. The van der Waals surface area contributed by atoms with Gasteiger partial charge in [0.2, 0.25) is 0 Å². The number of aryl methyl sites for hydroxylation is 3. The minimum atomic E-state index is -1.07. The Balaban J connectivity index is 2.14. The summed E-state index contributed by atoms with van der Waals surface area (Å²) in [6.07, 6.45) is 4.72. The molecule has 0 aliphatic heterocycles. The second-order valence-corrected chi connectivity index (χ2v) is 4.36. The van der Waals surface area contributed by atoms with Crippen LogP contribution in [0.15, 0.2) is 12.4 Å².